The van der Waals surface area contributed by atoms with Gasteiger partial charge in [0.1, 0.15) is 0 Å². The second kappa shape index (κ2) is 7.53. The Labute approximate surface area is 121 Å². The Morgan fingerprint density at radius 2 is 2.05 bits per heavy atom. The van der Waals surface area contributed by atoms with Gasteiger partial charge in [-0.1, -0.05) is 12.8 Å². The van der Waals surface area contributed by atoms with Crippen molar-refractivity contribution >= 4 is 17.7 Å². The maximum atomic E-state index is 12.7. The van der Waals surface area contributed by atoms with Gasteiger partial charge >= 0.3 is 0 Å². The first-order valence-electron chi connectivity index (χ1n) is 7.84. The highest BCUT2D eigenvalue weighted by molar-refractivity contribution is 8.00. The van der Waals surface area contributed by atoms with E-state index in [2.05, 4.69) is 24.1 Å². The topological polar surface area (TPSA) is 32.3 Å². The maximum absolute atomic E-state index is 12.7. The predicted octanol–water partition coefficient (Wildman–Crippen LogP) is 2.65. The summed E-state index contributed by atoms with van der Waals surface area (Å²) in [7, 11) is 0. The molecule has 0 aliphatic carbocycles. The average molecular weight is 284 g/mol. The standard InChI is InChI=1S/C15H28N2OS/c1-12(2)17(11-13-7-3-5-9-16-13)15(18)14-8-4-6-10-19-14/h12-14,16H,3-11H2,1-2H3. The highest BCUT2D eigenvalue weighted by Crippen LogP contribution is 2.27. The van der Waals surface area contributed by atoms with Gasteiger partial charge < -0.3 is 10.2 Å². The molecule has 110 valence electrons. The summed E-state index contributed by atoms with van der Waals surface area (Å²) in [5, 5.41) is 3.78. The summed E-state index contributed by atoms with van der Waals surface area (Å²) in [6, 6.07) is 0.826. The highest BCUT2D eigenvalue weighted by Gasteiger charge is 2.29. The molecule has 0 spiro atoms. The van der Waals surface area contributed by atoms with Gasteiger partial charge in [0.15, 0.2) is 0 Å². The van der Waals surface area contributed by atoms with Crippen molar-refractivity contribution in [2.75, 3.05) is 18.8 Å². The lowest BCUT2D eigenvalue weighted by molar-refractivity contribution is -0.133. The molecule has 2 aliphatic heterocycles. The van der Waals surface area contributed by atoms with Crippen LogP contribution >= 0.6 is 11.8 Å². The Balaban J connectivity index is 1.91. The van der Waals surface area contributed by atoms with Crippen LogP contribution < -0.4 is 5.32 Å². The zero-order chi connectivity index (χ0) is 13.7. The summed E-state index contributed by atoms with van der Waals surface area (Å²) in [6.45, 7) is 6.30. The lowest BCUT2D eigenvalue weighted by atomic mass is 10.0. The van der Waals surface area contributed by atoms with Gasteiger partial charge in [0.25, 0.3) is 0 Å². The largest absolute Gasteiger partial charge is 0.338 e. The smallest absolute Gasteiger partial charge is 0.235 e. The van der Waals surface area contributed by atoms with Gasteiger partial charge in [0.2, 0.25) is 5.91 Å². The molecule has 1 amide bonds. The van der Waals surface area contributed by atoms with E-state index >= 15 is 0 Å². The lowest BCUT2D eigenvalue weighted by Gasteiger charge is -2.36. The van der Waals surface area contributed by atoms with Crippen molar-refractivity contribution in [3.8, 4) is 0 Å². The summed E-state index contributed by atoms with van der Waals surface area (Å²) in [5.41, 5.74) is 0. The molecule has 2 heterocycles. The second-order valence-electron chi connectivity index (χ2n) is 6.09. The molecule has 0 bridgehead atoms. The van der Waals surface area contributed by atoms with E-state index in [-0.39, 0.29) is 5.25 Å². The van der Waals surface area contributed by atoms with Crippen LogP contribution in [0.15, 0.2) is 0 Å². The highest BCUT2D eigenvalue weighted by atomic mass is 32.2. The molecule has 0 aromatic rings. The van der Waals surface area contributed by atoms with Gasteiger partial charge in [0, 0.05) is 18.6 Å². The van der Waals surface area contributed by atoms with Crippen LogP contribution in [0.1, 0.15) is 52.4 Å². The summed E-state index contributed by atoms with van der Waals surface area (Å²) in [4.78, 5) is 14.8. The number of nitrogens with zero attached hydrogens (tertiary/aromatic N) is 1. The molecule has 2 unspecified atom stereocenters. The Bertz CT molecular complexity index is 284. The molecule has 3 nitrogen and oxygen atoms in total. The van der Waals surface area contributed by atoms with E-state index in [0.717, 1.165) is 25.3 Å². The Hall–Kier alpha value is -0.220. The average Bonchev–Trinajstić information content (AvgIpc) is 2.46. The number of thioether (sulfide) groups is 1. The Morgan fingerprint density at radius 3 is 2.63 bits per heavy atom. The van der Waals surface area contributed by atoms with Crippen molar-refractivity contribution in [3.63, 3.8) is 0 Å². The van der Waals surface area contributed by atoms with E-state index in [1.165, 1.54) is 32.1 Å². The summed E-state index contributed by atoms with van der Waals surface area (Å²) >= 11 is 1.87. The number of rotatable bonds is 4. The molecule has 2 saturated heterocycles. The molecule has 0 saturated carbocycles. The third kappa shape index (κ3) is 4.38. The fraction of sp³-hybridized carbons (Fsp3) is 0.933. The van der Waals surface area contributed by atoms with Crippen LogP contribution in [0, 0.1) is 0 Å². The number of hydrogen-bond donors (Lipinski definition) is 1. The number of piperidine rings is 1. The summed E-state index contributed by atoms with van der Waals surface area (Å²) in [6.07, 6.45) is 7.37. The molecule has 0 aromatic carbocycles. The first kappa shape index (κ1) is 15.2. The van der Waals surface area contributed by atoms with Crippen molar-refractivity contribution in [2.45, 2.75) is 69.7 Å². The molecular formula is C15H28N2OS. The van der Waals surface area contributed by atoms with E-state index in [4.69, 9.17) is 0 Å². The second-order valence-corrected chi connectivity index (χ2v) is 7.40. The number of nitrogens with one attached hydrogen (secondary N) is 1. The molecule has 2 atom stereocenters. The van der Waals surface area contributed by atoms with Crippen LogP contribution in [0.4, 0.5) is 0 Å². The zero-order valence-electron chi connectivity index (χ0n) is 12.4. The first-order chi connectivity index (χ1) is 9.18. The third-order valence-corrected chi connectivity index (χ3v) is 5.56. The SMILES string of the molecule is CC(C)N(CC1CCCCN1)C(=O)C1CCCCS1. The quantitative estimate of drug-likeness (QED) is 0.861. The molecule has 0 radical (unpaired) electrons. The molecule has 4 heteroatoms. The van der Waals surface area contributed by atoms with Crippen LogP contribution in [0.25, 0.3) is 0 Å². The van der Waals surface area contributed by atoms with Crippen LogP contribution in [0.2, 0.25) is 0 Å². The number of carbonyl (C=O) groups is 1. The van der Waals surface area contributed by atoms with Crippen LogP contribution in [0.5, 0.6) is 0 Å². The first-order valence-corrected chi connectivity index (χ1v) is 8.89. The zero-order valence-corrected chi connectivity index (χ0v) is 13.2. The van der Waals surface area contributed by atoms with Crippen LogP contribution in [0.3, 0.4) is 0 Å². The van der Waals surface area contributed by atoms with Gasteiger partial charge in [-0.25, -0.2) is 0 Å². The van der Waals surface area contributed by atoms with Crippen molar-refractivity contribution in [3.05, 3.63) is 0 Å². The Morgan fingerprint density at radius 1 is 1.26 bits per heavy atom. The van der Waals surface area contributed by atoms with Crippen LogP contribution in [-0.2, 0) is 4.79 Å². The van der Waals surface area contributed by atoms with Crippen molar-refractivity contribution in [1.82, 2.24) is 10.2 Å². The molecule has 19 heavy (non-hydrogen) atoms. The maximum Gasteiger partial charge on any atom is 0.235 e. The molecule has 0 aromatic heterocycles. The van der Waals surface area contributed by atoms with E-state index in [9.17, 15) is 4.79 Å². The number of hydrogen-bond acceptors (Lipinski definition) is 3. The lowest BCUT2D eigenvalue weighted by Crippen LogP contribution is -2.50. The van der Waals surface area contributed by atoms with Gasteiger partial charge in [-0.3, -0.25) is 4.79 Å². The van der Waals surface area contributed by atoms with Crippen LogP contribution in [-0.4, -0.2) is 47.0 Å². The van der Waals surface area contributed by atoms with E-state index in [1.54, 1.807) is 0 Å². The molecule has 2 rings (SSSR count). The molecule has 2 fully saturated rings. The van der Waals surface area contributed by atoms with Crippen molar-refractivity contribution < 1.29 is 4.79 Å². The summed E-state index contributed by atoms with van der Waals surface area (Å²) < 4.78 is 0. The molecule has 2 aliphatic rings. The van der Waals surface area contributed by atoms with Gasteiger partial charge in [-0.05, 0) is 51.8 Å². The van der Waals surface area contributed by atoms with Crippen molar-refractivity contribution in [1.29, 1.82) is 0 Å². The minimum Gasteiger partial charge on any atom is -0.338 e. The van der Waals surface area contributed by atoms with Gasteiger partial charge in [0.05, 0.1) is 5.25 Å². The third-order valence-electron chi connectivity index (χ3n) is 4.19. The molecule has 1 N–H and O–H groups in total. The fourth-order valence-electron chi connectivity index (χ4n) is 2.99. The van der Waals surface area contributed by atoms with Gasteiger partial charge in [-0.15, -0.1) is 11.8 Å². The minimum absolute atomic E-state index is 0.222. The number of amides is 1. The van der Waals surface area contributed by atoms with E-state index < -0.39 is 0 Å². The Kier molecular flexibility index (Phi) is 6.02. The number of carbonyl (C=O) groups excluding carboxylic acids is 1. The van der Waals surface area contributed by atoms with Crippen molar-refractivity contribution in [2.24, 2.45) is 0 Å². The normalized spacial score (nSPS) is 28.4. The minimum atomic E-state index is 0.222. The van der Waals surface area contributed by atoms with Gasteiger partial charge in [-0.2, -0.15) is 0 Å². The van der Waals surface area contributed by atoms with E-state index in [1.807, 2.05) is 11.8 Å². The fourth-order valence-corrected chi connectivity index (χ4v) is 4.26. The summed E-state index contributed by atoms with van der Waals surface area (Å²) in [5.74, 6) is 1.54. The molecular weight excluding hydrogens is 256 g/mol. The predicted molar refractivity (Wildman–Crippen MR) is 82.6 cm³/mol. The monoisotopic (exact) mass is 284 g/mol. The van der Waals surface area contributed by atoms with E-state index in [0.29, 0.717) is 18.0 Å².